The summed E-state index contributed by atoms with van der Waals surface area (Å²) in [6, 6.07) is 0. The van der Waals surface area contributed by atoms with E-state index in [1.54, 1.807) is 0 Å². The molecule has 2 rings (SSSR count). The van der Waals surface area contributed by atoms with Gasteiger partial charge in [-0.05, 0) is 37.5 Å². The summed E-state index contributed by atoms with van der Waals surface area (Å²) in [4.78, 5) is 14.1. The summed E-state index contributed by atoms with van der Waals surface area (Å²) in [5.41, 5.74) is 0. The van der Waals surface area contributed by atoms with Gasteiger partial charge in [0.15, 0.2) is 0 Å². The Morgan fingerprint density at radius 3 is 2.44 bits per heavy atom. The van der Waals surface area contributed by atoms with E-state index < -0.39 is 0 Å². The van der Waals surface area contributed by atoms with E-state index in [2.05, 4.69) is 13.8 Å². The number of hydrogen-bond acceptors (Lipinski definition) is 2. The number of hydrogen-bond donors (Lipinski definition) is 0. The van der Waals surface area contributed by atoms with Gasteiger partial charge in [0.2, 0.25) is 0 Å². The van der Waals surface area contributed by atoms with Gasteiger partial charge in [-0.1, -0.05) is 13.8 Å². The van der Waals surface area contributed by atoms with Gasteiger partial charge >= 0.3 is 0 Å². The molecule has 2 saturated heterocycles. The monoisotopic (exact) mass is 225 g/mol. The second-order valence-electron chi connectivity index (χ2n) is 5.41. The average molecular weight is 225 g/mol. The Bertz CT molecular complexity index is 238. The van der Waals surface area contributed by atoms with E-state index in [9.17, 15) is 4.79 Å². The number of carbonyl (C=O) groups excluding carboxylic acids is 1. The number of likely N-dealkylation sites (tertiary alicyclic amines) is 1. The molecule has 0 aromatic heterocycles. The molecule has 0 radical (unpaired) electrons. The molecule has 0 aromatic carbocycles. The van der Waals surface area contributed by atoms with Crippen LogP contribution in [0.3, 0.4) is 0 Å². The molecule has 2 aliphatic rings. The Hall–Kier alpha value is -0.570. The molecule has 92 valence electrons. The molecule has 2 aliphatic heterocycles. The van der Waals surface area contributed by atoms with Crippen LogP contribution in [0.25, 0.3) is 0 Å². The molecule has 0 spiro atoms. The van der Waals surface area contributed by atoms with Crippen molar-refractivity contribution in [3.63, 3.8) is 0 Å². The maximum Gasteiger partial charge on any atom is 0.251 e. The van der Waals surface area contributed by atoms with E-state index in [1.165, 1.54) is 0 Å². The quantitative estimate of drug-likeness (QED) is 0.720. The Morgan fingerprint density at radius 2 is 1.94 bits per heavy atom. The van der Waals surface area contributed by atoms with Crippen molar-refractivity contribution in [2.24, 2.45) is 11.8 Å². The van der Waals surface area contributed by atoms with Gasteiger partial charge in [-0.15, -0.1) is 0 Å². The fraction of sp³-hybridized carbons (Fsp3) is 0.923. The first-order chi connectivity index (χ1) is 7.68. The molecule has 0 unspecified atom stereocenters. The molecule has 0 aromatic rings. The van der Waals surface area contributed by atoms with Crippen molar-refractivity contribution in [1.29, 1.82) is 0 Å². The molecule has 16 heavy (non-hydrogen) atoms. The summed E-state index contributed by atoms with van der Waals surface area (Å²) in [5.74, 6) is 1.79. The minimum absolute atomic E-state index is 0.129. The van der Waals surface area contributed by atoms with Crippen LogP contribution in [0, 0.1) is 11.8 Å². The van der Waals surface area contributed by atoms with Crippen LogP contribution in [0.1, 0.15) is 39.5 Å². The highest BCUT2D eigenvalue weighted by Gasteiger charge is 2.31. The van der Waals surface area contributed by atoms with Crippen LogP contribution in [-0.4, -0.2) is 36.6 Å². The van der Waals surface area contributed by atoms with Gasteiger partial charge in [-0.25, -0.2) is 0 Å². The third-order valence-corrected chi connectivity index (χ3v) is 4.00. The summed E-state index contributed by atoms with van der Waals surface area (Å²) in [6.45, 7) is 7.19. The smallest absolute Gasteiger partial charge is 0.251 e. The van der Waals surface area contributed by atoms with Crippen molar-refractivity contribution < 1.29 is 9.53 Å². The van der Waals surface area contributed by atoms with Gasteiger partial charge in [0.25, 0.3) is 5.91 Å². The average Bonchev–Trinajstić information content (AvgIpc) is 2.81. The zero-order valence-electron chi connectivity index (χ0n) is 10.4. The summed E-state index contributed by atoms with van der Waals surface area (Å²) < 4.78 is 5.45. The first-order valence-electron chi connectivity index (χ1n) is 6.59. The molecular formula is C13H23NO2. The lowest BCUT2D eigenvalue weighted by Crippen LogP contribution is -2.44. The van der Waals surface area contributed by atoms with E-state index in [0.29, 0.717) is 0 Å². The summed E-state index contributed by atoms with van der Waals surface area (Å²) in [7, 11) is 0. The predicted octanol–water partition coefficient (Wildman–Crippen LogP) is 2.06. The highest BCUT2D eigenvalue weighted by atomic mass is 16.5. The molecule has 3 heteroatoms. The number of piperidine rings is 1. The highest BCUT2D eigenvalue weighted by Crippen LogP contribution is 2.25. The molecule has 0 bridgehead atoms. The van der Waals surface area contributed by atoms with E-state index in [-0.39, 0.29) is 12.0 Å². The first kappa shape index (κ1) is 11.9. The number of nitrogens with zero attached hydrogens (tertiary/aromatic N) is 1. The van der Waals surface area contributed by atoms with Crippen LogP contribution in [0.2, 0.25) is 0 Å². The van der Waals surface area contributed by atoms with E-state index in [0.717, 1.165) is 57.2 Å². The van der Waals surface area contributed by atoms with Gasteiger partial charge in [0, 0.05) is 19.7 Å². The van der Waals surface area contributed by atoms with E-state index in [1.807, 2.05) is 4.90 Å². The number of ether oxygens (including phenoxy) is 1. The van der Waals surface area contributed by atoms with Crippen molar-refractivity contribution >= 4 is 5.91 Å². The number of rotatable bonds is 2. The Kier molecular flexibility index (Phi) is 3.85. The largest absolute Gasteiger partial charge is 0.368 e. The Morgan fingerprint density at radius 1 is 1.25 bits per heavy atom. The molecule has 0 aliphatic carbocycles. The summed E-state index contributed by atoms with van der Waals surface area (Å²) in [6.07, 6.45) is 4.16. The summed E-state index contributed by atoms with van der Waals surface area (Å²) in [5, 5.41) is 0. The molecule has 0 N–H and O–H groups in total. The van der Waals surface area contributed by atoms with Gasteiger partial charge < -0.3 is 9.64 Å². The fourth-order valence-electron chi connectivity index (χ4n) is 2.76. The van der Waals surface area contributed by atoms with Crippen LogP contribution < -0.4 is 0 Å². The minimum atomic E-state index is -0.129. The third kappa shape index (κ3) is 2.57. The van der Waals surface area contributed by atoms with Crippen molar-refractivity contribution in [1.82, 2.24) is 4.90 Å². The molecule has 2 fully saturated rings. The van der Waals surface area contributed by atoms with Gasteiger partial charge in [-0.2, -0.15) is 0 Å². The second kappa shape index (κ2) is 5.17. The lowest BCUT2D eigenvalue weighted by molar-refractivity contribution is -0.142. The topological polar surface area (TPSA) is 29.5 Å². The third-order valence-electron chi connectivity index (χ3n) is 4.00. The zero-order chi connectivity index (χ0) is 11.5. The van der Waals surface area contributed by atoms with Crippen molar-refractivity contribution in [2.45, 2.75) is 45.6 Å². The molecule has 2 heterocycles. The van der Waals surface area contributed by atoms with Gasteiger partial charge in [0.05, 0.1) is 0 Å². The van der Waals surface area contributed by atoms with Crippen molar-refractivity contribution in [2.75, 3.05) is 19.7 Å². The van der Waals surface area contributed by atoms with Crippen LogP contribution in [0.4, 0.5) is 0 Å². The molecule has 3 nitrogen and oxygen atoms in total. The highest BCUT2D eigenvalue weighted by molar-refractivity contribution is 5.81. The molecule has 1 atom stereocenters. The second-order valence-corrected chi connectivity index (χ2v) is 5.41. The standard InChI is InChI=1S/C13H23NO2/c1-10(2)11-5-7-14(8-6-11)13(15)12-4-3-9-16-12/h10-12H,3-9H2,1-2H3/t12-/m1/s1. The zero-order valence-corrected chi connectivity index (χ0v) is 10.4. The van der Waals surface area contributed by atoms with Crippen LogP contribution in [-0.2, 0) is 9.53 Å². The number of carbonyl (C=O) groups is 1. The van der Waals surface area contributed by atoms with Crippen molar-refractivity contribution in [3.05, 3.63) is 0 Å². The van der Waals surface area contributed by atoms with Crippen LogP contribution >= 0.6 is 0 Å². The van der Waals surface area contributed by atoms with E-state index >= 15 is 0 Å². The Labute approximate surface area is 98.1 Å². The normalized spacial score (nSPS) is 27.7. The Balaban J connectivity index is 1.81. The SMILES string of the molecule is CC(C)C1CCN(C(=O)[C@H]2CCCO2)CC1. The van der Waals surface area contributed by atoms with Crippen LogP contribution in [0.5, 0.6) is 0 Å². The number of amides is 1. The fourth-order valence-corrected chi connectivity index (χ4v) is 2.76. The van der Waals surface area contributed by atoms with Gasteiger partial charge in [0.1, 0.15) is 6.10 Å². The molecule has 0 saturated carbocycles. The van der Waals surface area contributed by atoms with Crippen molar-refractivity contribution in [3.8, 4) is 0 Å². The summed E-state index contributed by atoms with van der Waals surface area (Å²) >= 11 is 0. The minimum Gasteiger partial charge on any atom is -0.368 e. The molecular weight excluding hydrogens is 202 g/mol. The van der Waals surface area contributed by atoms with Crippen LogP contribution in [0.15, 0.2) is 0 Å². The lowest BCUT2D eigenvalue weighted by atomic mass is 9.86. The lowest BCUT2D eigenvalue weighted by Gasteiger charge is -2.34. The predicted molar refractivity (Wildman–Crippen MR) is 63.1 cm³/mol. The maximum absolute atomic E-state index is 12.1. The van der Waals surface area contributed by atoms with E-state index in [4.69, 9.17) is 4.74 Å². The first-order valence-corrected chi connectivity index (χ1v) is 6.59. The van der Waals surface area contributed by atoms with Gasteiger partial charge in [-0.3, -0.25) is 4.79 Å². The maximum atomic E-state index is 12.1. The molecule has 1 amide bonds.